The van der Waals surface area contributed by atoms with Crippen molar-refractivity contribution in [3.8, 4) is 0 Å². The summed E-state index contributed by atoms with van der Waals surface area (Å²) < 4.78 is 0. The smallest absolute Gasteiger partial charge is 0.342 e. The van der Waals surface area contributed by atoms with Gasteiger partial charge >= 0.3 is 37.7 Å². The molecule has 1 heteroatoms. The van der Waals surface area contributed by atoms with Crippen molar-refractivity contribution in [2.75, 3.05) is 0 Å². The van der Waals surface area contributed by atoms with E-state index in [1.807, 2.05) is 0 Å². The molecule has 0 spiro atoms. The van der Waals surface area contributed by atoms with E-state index >= 15 is 0 Å². The van der Waals surface area contributed by atoms with E-state index in [1.165, 1.54) is 12.8 Å². The van der Waals surface area contributed by atoms with Gasteiger partial charge in [-0.2, -0.15) is 24.7 Å². The van der Waals surface area contributed by atoms with Gasteiger partial charge < -0.3 is 12.8 Å². The maximum atomic E-state index is 4.12. The molecule has 0 radical (unpaired) electrons. The van der Waals surface area contributed by atoms with Gasteiger partial charge in [0.25, 0.3) is 0 Å². The standard InChI is InChI=1S/C9H16.Ca/c1-7-5-6-8(2)9(7,3)4;/h7H,1,5-6H2,2-4H3;/q-2;+2. The summed E-state index contributed by atoms with van der Waals surface area (Å²) >= 11 is 0. The van der Waals surface area contributed by atoms with Gasteiger partial charge in [-0.1, -0.05) is 13.8 Å². The van der Waals surface area contributed by atoms with Crippen molar-refractivity contribution >= 4 is 37.7 Å². The molecule has 10 heavy (non-hydrogen) atoms. The van der Waals surface area contributed by atoms with E-state index in [0.717, 1.165) is 0 Å². The van der Waals surface area contributed by atoms with Crippen LogP contribution >= 0.6 is 0 Å². The Morgan fingerprint density at radius 1 is 1.50 bits per heavy atom. The molecule has 0 N–H and O–H groups in total. The first kappa shape index (κ1) is 11.3. The number of rotatable bonds is 0. The Morgan fingerprint density at radius 3 is 2.10 bits per heavy atom. The van der Waals surface area contributed by atoms with E-state index in [0.29, 0.717) is 11.3 Å². The molecule has 54 valence electrons. The van der Waals surface area contributed by atoms with Crippen molar-refractivity contribution in [3.05, 3.63) is 12.8 Å². The molecule has 1 rings (SSSR count). The van der Waals surface area contributed by atoms with Crippen LogP contribution in [-0.2, 0) is 0 Å². The molecule has 0 aliphatic heterocycles. The molecule has 1 atom stereocenters. The molecule has 1 unspecified atom stereocenters. The molecule has 0 aromatic carbocycles. The molecule has 0 amide bonds. The SMILES string of the molecule is [CH2-]C1CC[C-](C)C1(C)C.[Ca+2]. The molecule has 0 heterocycles. The summed E-state index contributed by atoms with van der Waals surface area (Å²) in [6.07, 6.45) is 2.58. The third-order valence-electron chi connectivity index (χ3n) is 2.99. The van der Waals surface area contributed by atoms with Crippen molar-refractivity contribution in [3.63, 3.8) is 0 Å². The number of hydrogen-bond acceptors (Lipinski definition) is 0. The molecule has 1 saturated carbocycles. The average Bonchev–Trinajstić information content (AvgIpc) is 1.96. The van der Waals surface area contributed by atoms with Gasteiger partial charge in [0.05, 0.1) is 0 Å². The molecule has 0 aromatic heterocycles. The maximum absolute atomic E-state index is 4.12. The fraction of sp³-hybridized carbons (Fsp3) is 0.778. The van der Waals surface area contributed by atoms with E-state index in [-0.39, 0.29) is 37.7 Å². The average molecular weight is 164 g/mol. The second kappa shape index (κ2) is 3.78. The monoisotopic (exact) mass is 164 g/mol. The van der Waals surface area contributed by atoms with Crippen LogP contribution in [0.15, 0.2) is 0 Å². The fourth-order valence-corrected chi connectivity index (χ4v) is 1.42. The Morgan fingerprint density at radius 2 is 2.00 bits per heavy atom. The van der Waals surface area contributed by atoms with Gasteiger partial charge in [0, 0.05) is 0 Å². The second-order valence-electron chi connectivity index (χ2n) is 3.74. The van der Waals surface area contributed by atoms with Gasteiger partial charge in [-0.05, 0) is 0 Å². The zero-order valence-corrected chi connectivity index (χ0v) is 9.61. The van der Waals surface area contributed by atoms with E-state index < -0.39 is 0 Å². The summed E-state index contributed by atoms with van der Waals surface area (Å²) in [5.74, 6) is 2.28. The molecular formula is C9H16Ca. The topological polar surface area (TPSA) is 0 Å². The molecule has 1 aliphatic carbocycles. The summed E-state index contributed by atoms with van der Waals surface area (Å²) in [7, 11) is 0. The number of hydrogen-bond donors (Lipinski definition) is 0. The molecule has 0 bridgehead atoms. The van der Waals surface area contributed by atoms with Crippen molar-refractivity contribution in [2.45, 2.75) is 33.6 Å². The molecule has 0 saturated heterocycles. The van der Waals surface area contributed by atoms with E-state index in [1.54, 1.807) is 5.92 Å². The van der Waals surface area contributed by atoms with Crippen LogP contribution in [0.4, 0.5) is 0 Å². The first-order valence-corrected chi connectivity index (χ1v) is 3.71. The third kappa shape index (κ3) is 1.89. The first-order valence-electron chi connectivity index (χ1n) is 3.71. The summed E-state index contributed by atoms with van der Waals surface area (Å²) in [4.78, 5) is 0. The first-order chi connectivity index (χ1) is 4.05. The Balaban J connectivity index is 0.000000810. The predicted octanol–water partition coefficient (Wildman–Crippen LogP) is 2.47. The summed E-state index contributed by atoms with van der Waals surface area (Å²) in [6.45, 7) is 11.0. The van der Waals surface area contributed by atoms with Crippen LogP contribution in [0.1, 0.15) is 33.6 Å². The Kier molecular flexibility index (Phi) is 4.25. The summed E-state index contributed by atoms with van der Waals surface area (Å²) in [5, 5.41) is 0. The minimum Gasteiger partial charge on any atom is -0.342 e. The maximum Gasteiger partial charge on any atom is 2.00 e. The third-order valence-corrected chi connectivity index (χ3v) is 2.99. The van der Waals surface area contributed by atoms with Gasteiger partial charge in [0.2, 0.25) is 0 Å². The molecular weight excluding hydrogens is 148 g/mol. The van der Waals surface area contributed by atoms with Crippen LogP contribution in [-0.4, -0.2) is 37.7 Å². The Bertz CT molecular complexity index is 95.3. The zero-order chi connectivity index (χ0) is 7.07. The molecule has 1 fully saturated rings. The largest absolute Gasteiger partial charge is 2.00 e. The van der Waals surface area contributed by atoms with Gasteiger partial charge in [-0.15, -0.1) is 6.42 Å². The van der Waals surface area contributed by atoms with Crippen LogP contribution in [0, 0.1) is 24.2 Å². The van der Waals surface area contributed by atoms with Gasteiger partial charge in [-0.3, -0.25) is 0 Å². The van der Waals surface area contributed by atoms with Crippen molar-refractivity contribution < 1.29 is 0 Å². The van der Waals surface area contributed by atoms with Gasteiger partial charge in [-0.25, -0.2) is 0 Å². The molecule has 1 aliphatic rings. The van der Waals surface area contributed by atoms with Crippen molar-refractivity contribution in [1.29, 1.82) is 0 Å². The minimum atomic E-state index is 0. The quantitative estimate of drug-likeness (QED) is 0.381. The zero-order valence-electron chi connectivity index (χ0n) is 7.41. The van der Waals surface area contributed by atoms with Gasteiger partial charge in [0.1, 0.15) is 0 Å². The van der Waals surface area contributed by atoms with Crippen molar-refractivity contribution in [2.24, 2.45) is 11.3 Å². The Hall–Kier alpha value is 1.26. The van der Waals surface area contributed by atoms with Crippen LogP contribution in [0.3, 0.4) is 0 Å². The van der Waals surface area contributed by atoms with Crippen LogP contribution < -0.4 is 0 Å². The fourth-order valence-electron chi connectivity index (χ4n) is 1.42. The summed E-state index contributed by atoms with van der Waals surface area (Å²) in [6, 6.07) is 0. The minimum absolute atomic E-state index is 0. The Labute approximate surface area is 94.8 Å². The predicted molar refractivity (Wildman–Crippen MR) is 46.5 cm³/mol. The van der Waals surface area contributed by atoms with Crippen molar-refractivity contribution in [1.82, 2.24) is 0 Å². The molecule has 0 nitrogen and oxygen atoms in total. The van der Waals surface area contributed by atoms with Crippen LogP contribution in [0.25, 0.3) is 0 Å². The second-order valence-corrected chi connectivity index (χ2v) is 3.74. The normalized spacial score (nSPS) is 31.8. The van der Waals surface area contributed by atoms with Crippen LogP contribution in [0.2, 0.25) is 0 Å². The van der Waals surface area contributed by atoms with Gasteiger partial charge in [0.15, 0.2) is 0 Å². The van der Waals surface area contributed by atoms with Crippen LogP contribution in [0.5, 0.6) is 0 Å². The van der Waals surface area contributed by atoms with E-state index in [2.05, 4.69) is 27.7 Å². The summed E-state index contributed by atoms with van der Waals surface area (Å²) in [5.41, 5.74) is 0.417. The van der Waals surface area contributed by atoms with E-state index in [9.17, 15) is 0 Å². The van der Waals surface area contributed by atoms with E-state index in [4.69, 9.17) is 0 Å². The molecule has 0 aromatic rings.